The number of rotatable bonds is 8. The fraction of sp³-hybridized carbons (Fsp3) is 0.565. The number of aromatic nitrogens is 5. The van der Waals surface area contributed by atoms with Crippen LogP contribution in [-0.4, -0.2) is 84.5 Å². The summed E-state index contributed by atoms with van der Waals surface area (Å²) < 4.78 is 1.52. The van der Waals surface area contributed by atoms with Crippen LogP contribution in [0.15, 0.2) is 29.4 Å². The molecular formula is C23H31N7O3S. The van der Waals surface area contributed by atoms with E-state index in [0.717, 1.165) is 18.6 Å². The first-order valence-corrected chi connectivity index (χ1v) is 12.7. The molecule has 0 amide bonds. The molecule has 3 aromatic rings. The van der Waals surface area contributed by atoms with Crippen molar-refractivity contribution >= 4 is 34.4 Å². The van der Waals surface area contributed by atoms with Crippen LogP contribution < -0.4 is 10.2 Å². The molecule has 0 aliphatic heterocycles. The molecule has 182 valence electrons. The predicted molar refractivity (Wildman–Crippen MR) is 131 cm³/mol. The van der Waals surface area contributed by atoms with Gasteiger partial charge in [0.2, 0.25) is 0 Å². The lowest BCUT2D eigenvalue weighted by Gasteiger charge is -2.16. The van der Waals surface area contributed by atoms with Crippen molar-refractivity contribution in [2.75, 3.05) is 30.1 Å². The maximum absolute atomic E-state index is 10.5. The van der Waals surface area contributed by atoms with E-state index >= 15 is 0 Å². The summed E-state index contributed by atoms with van der Waals surface area (Å²) in [5, 5.41) is 43.2. The number of anilines is 2. The molecule has 2 aromatic heterocycles. The number of aliphatic hydroxyl groups excluding tert-OH is 3. The van der Waals surface area contributed by atoms with Crippen molar-refractivity contribution < 1.29 is 15.3 Å². The molecule has 5 rings (SSSR count). The largest absolute Gasteiger partial charge is 0.390 e. The highest BCUT2D eigenvalue weighted by atomic mass is 32.2. The van der Waals surface area contributed by atoms with Gasteiger partial charge in [0.15, 0.2) is 22.1 Å². The molecule has 0 saturated heterocycles. The molecule has 34 heavy (non-hydrogen) atoms. The Morgan fingerprint density at radius 1 is 1.15 bits per heavy atom. The zero-order valence-corrected chi connectivity index (χ0v) is 20.4. The van der Waals surface area contributed by atoms with Gasteiger partial charge in [0, 0.05) is 43.9 Å². The lowest BCUT2D eigenvalue weighted by molar-refractivity contribution is -0.0253. The van der Waals surface area contributed by atoms with Crippen LogP contribution in [0.2, 0.25) is 0 Å². The maximum atomic E-state index is 10.5. The van der Waals surface area contributed by atoms with E-state index in [-0.39, 0.29) is 12.5 Å². The van der Waals surface area contributed by atoms with E-state index in [2.05, 4.69) is 56.7 Å². The Hall–Kier alpha value is -2.47. The molecule has 0 radical (unpaired) electrons. The second kappa shape index (κ2) is 9.29. The van der Waals surface area contributed by atoms with Gasteiger partial charge in [-0.2, -0.15) is 0 Å². The number of nitrogens with one attached hydrogen (secondary N) is 1. The highest BCUT2D eigenvalue weighted by Crippen LogP contribution is 2.44. The Morgan fingerprint density at radius 2 is 1.97 bits per heavy atom. The Bertz CT molecular complexity index is 1170. The zero-order chi connectivity index (χ0) is 24.0. The molecule has 2 unspecified atom stereocenters. The van der Waals surface area contributed by atoms with Gasteiger partial charge in [-0.05, 0) is 30.5 Å². The van der Waals surface area contributed by atoms with Crippen LogP contribution in [0.3, 0.4) is 0 Å². The summed E-state index contributed by atoms with van der Waals surface area (Å²) in [6.07, 6.45) is -1.22. The van der Waals surface area contributed by atoms with Gasteiger partial charge in [-0.1, -0.05) is 36.0 Å². The fourth-order valence-electron chi connectivity index (χ4n) is 4.55. The number of thioether (sulfide) groups is 1. The smallest absolute Gasteiger partial charge is 0.191 e. The van der Waals surface area contributed by atoms with E-state index in [1.54, 1.807) is 11.8 Å². The van der Waals surface area contributed by atoms with E-state index in [9.17, 15) is 15.3 Å². The Labute approximate surface area is 202 Å². The molecular weight excluding hydrogens is 454 g/mol. The van der Waals surface area contributed by atoms with Crippen molar-refractivity contribution in [2.24, 2.45) is 0 Å². The Balaban J connectivity index is 1.44. The second-order valence-corrected chi connectivity index (χ2v) is 10.4. The lowest BCUT2D eigenvalue weighted by Crippen LogP contribution is -2.31. The summed E-state index contributed by atoms with van der Waals surface area (Å²) in [4.78, 5) is 11.5. The first-order valence-electron chi connectivity index (χ1n) is 11.7. The molecule has 2 aliphatic carbocycles. The minimum absolute atomic E-state index is 0.178. The normalized spacial score (nSPS) is 28.4. The highest BCUT2D eigenvalue weighted by Gasteiger charge is 2.44. The van der Waals surface area contributed by atoms with Crippen LogP contribution in [0.25, 0.3) is 11.2 Å². The molecule has 11 heteroatoms. The Morgan fingerprint density at radius 3 is 2.68 bits per heavy atom. The van der Waals surface area contributed by atoms with E-state index in [4.69, 9.17) is 4.98 Å². The average Bonchev–Trinajstić information content (AvgIpc) is 3.40. The summed E-state index contributed by atoms with van der Waals surface area (Å²) in [6.45, 7) is 2.10. The summed E-state index contributed by atoms with van der Waals surface area (Å²) in [5.74, 6) is 1.88. The first-order chi connectivity index (χ1) is 16.4. The third kappa shape index (κ3) is 4.33. The van der Waals surface area contributed by atoms with E-state index in [1.807, 2.05) is 14.1 Å². The zero-order valence-electron chi connectivity index (χ0n) is 19.5. The van der Waals surface area contributed by atoms with E-state index in [1.165, 1.54) is 15.9 Å². The Kier molecular flexibility index (Phi) is 6.36. The van der Waals surface area contributed by atoms with Crippen molar-refractivity contribution in [2.45, 2.75) is 67.7 Å². The lowest BCUT2D eigenvalue weighted by atomic mass is 10.1. The number of fused-ring (bicyclic) bond motifs is 1. The van der Waals surface area contributed by atoms with E-state index < -0.39 is 24.4 Å². The number of nitrogens with zero attached hydrogens (tertiary/aromatic N) is 6. The fourth-order valence-corrected chi connectivity index (χ4v) is 5.24. The third-order valence-corrected chi connectivity index (χ3v) is 7.65. The highest BCUT2D eigenvalue weighted by molar-refractivity contribution is 7.99. The van der Waals surface area contributed by atoms with Gasteiger partial charge in [0.05, 0.1) is 12.1 Å². The van der Waals surface area contributed by atoms with Gasteiger partial charge in [-0.25, -0.2) is 14.6 Å². The van der Waals surface area contributed by atoms with E-state index in [0.29, 0.717) is 28.1 Å². The number of benzene rings is 1. The topological polar surface area (TPSA) is 132 Å². The SMILES string of the molecule is CCCSc1nc(NC2CC2c2cccc(N(C)C)c2)c2nnn([C@H]3C[C@@H](O)[C@H](O)[C@@H]3O)c2n1. The van der Waals surface area contributed by atoms with Crippen LogP contribution in [0.4, 0.5) is 11.5 Å². The van der Waals surface area contributed by atoms with Crippen molar-refractivity contribution in [3.05, 3.63) is 29.8 Å². The molecule has 1 aromatic carbocycles. The summed E-state index contributed by atoms with van der Waals surface area (Å²) in [6, 6.07) is 8.19. The monoisotopic (exact) mass is 485 g/mol. The van der Waals surface area contributed by atoms with Crippen molar-refractivity contribution in [3.63, 3.8) is 0 Å². The number of hydrogen-bond donors (Lipinski definition) is 4. The standard InChI is InChI=1S/C23H31N7O3S/c1-4-8-34-23-25-21(24-15-10-14(15)12-6-5-7-13(9-12)29(2)3)18-22(26-23)30(28-27-18)16-11-17(31)20(33)19(16)32/h5-7,9,14-17,19-20,31-33H,4,8,10-11H2,1-3H3,(H,24,25,26)/t14?,15?,16-,17+,19+,20-/m0/s1. The molecule has 2 aliphatic rings. The van der Waals surface area contributed by atoms with Crippen LogP contribution in [-0.2, 0) is 0 Å². The maximum Gasteiger partial charge on any atom is 0.191 e. The third-order valence-electron chi connectivity index (χ3n) is 6.60. The van der Waals surface area contributed by atoms with Gasteiger partial charge in [-0.3, -0.25) is 0 Å². The van der Waals surface area contributed by atoms with Crippen LogP contribution in [0.5, 0.6) is 0 Å². The summed E-state index contributed by atoms with van der Waals surface area (Å²) >= 11 is 1.56. The minimum Gasteiger partial charge on any atom is -0.390 e. The van der Waals surface area contributed by atoms with Crippen molar-refractivity contribution in [1.82, 2.24) is 25.0 Å². The molecule has 2 heterocycles. The molecule has 2 saturated carbocycles. The second-order valence-electron chi connectivity index (χ2n) is 9.34. The minimum atomic E-state index is -1.22. The summed E-state index contributed by atoms with van der Waals surface area (Å²) in [7, 11) is 4.08. The summed E-state index contributed by atoms with van der Waals surface area (Å²) in [5.41, 5.74) is 3.48. The van der Waals surface area contributed by atoms with Gasteiger partial charge in [0.1, 0.15) is 12.2 Å². The van der Waals surface area contributed by atoms with Gasteiger partial charge < -0.3 is 25.5 Å². The van der Waals surface area contributed by atoms with Crippen LogP contribution in [0.1, 0.15) is 43.7 Å². The molecule has 0 bridgehead atoms. The van der Waals surface area contributed by atoms with Crippen molar-refractivity contribution in [1.29, 1.82) is 0 Å². The van der Waals surface area contributed by atoms with Gasteiger partial charge in [-0.15, -0.1) is 5.10 Å². The van der Waals surface area contributed by atoms with Crippen LogP contribution >= 0.6 is 11.8 Å². The molecule has 10 nitrogen and oxygen atoms in total. The predicted octanol–water partition coefficient (Wildman–Crippen LogP) is 1.78. The number of hydrogen-bond acceptors (Lipinski definition) is 10. The molecule has 6 atom stereocenters. The van der Waals surface area contributed by atoms with Gasteiger partial charge in [0.25, 0.3) is 0 Å². The molecule has 4 N–H and O–H groups in total. The molecule has 2 fully saturated rings. The number of aliphatic hydroxyl groups is 3. The van der Waals surface area contributed by atoms with Gasteiger partial charge >= 0.3 is 0 Å². The first kappa shape index (κ1) is 23.3. The van der Waals surface area contributed by atoms with Crippen LogP contribution in [0, 0.1) is 0 Å². The molecule has 0 spiro atoms. The average molecular weight is 486 g/mol. The van der Waals surface area contributed by atoms with Crippen molar-refractivity contribution in [3.8, 4) is 0 Å². The quantitative estimate of drug-likeness (QED) is 0.276.